The number of benzene rings is 3. The third-order valence-electron chi connectivity index (χ3n) is 6.07. The second-order valence-corrected chi connectivity index (χ2v) is 11.1. The lowest BCUT2D eigenvalue weighted by Gasteiger charge is -2.33. The number of carbonyl (C=O) groups excluding carboxylic acids is 2. The van der Waals surface area contributed by atoms with E-state index in [1.807, 2.05) is 0 Å². The highest BCUT2D eigenvalue weighted by molar-refractivity contribution is 7.92. The van der Waals surface area contributed by atoms with Gasteiger partial charge in [-0.1, -0.05) is 54.9 Å². The van der Waals surface area contributed by atoms with E-state index in [1.165, 1.54) is 35.2 Å². The molecule has 12 heteroatoms. The van der Waals surface area contributed by atoms with Crippen LogP contribution in [0.1, 0.15) is 31.4 Å². The summed E-state index contributed by atoms with van der Waals surface area (Å²) >= 11 is 5.98. The van der Waals surface area contributed by atoms with Crippen LogP contribution >= 0.6 is 11.6 Å². The van der Waals surface area contributed by atoms with Gasteiger partial charge in [-0.3, -0.25) is 13.9 Å². The van der Waals surface area contributed by atoms with Gasteiger partial charge in [0.15, 0.2) is 0 Å². The van der Waals surface area contributed by atoms with E-state index < -0.39 is 46.2 Å². The fourth-order valence-electron chi connectivity index (χ4n) is 4.08. The summed E-state index contributed by atoms with van der Waals surface area (Å²) in [7, 11) is -4.49. The third-order valence-corrected chi connectivity index (χ3v) is 8.11. The van der Waals surface area contributed by atoms with Gasteiger partial charge < -0.3 is 10.2 Å². The molecule has 7 nitrogen and oxygen atoms in total. The third kappa shape index (κ3) is 7.54. The van der Waals surface area contributed by atoms with E-state index in [2.05, 4.69) is 5.32 Å². The van der Waals surface area contributed by atoms with Gasteiger partial charge in [-0.25, -0.2) is 8.42 Å². The van der Waals surface area contributed by atoms with E-state index in [1.54, 1.807) is 44.2 Å². The molecular formula is C28H29ClF3N3O4S. The van der Waals surface area contributed by atoms with Crippen LogP contribution in [0, 0.1) is 0 Å². The molecule has 3 rings (SSSR count). The van der Waals surface area contributed by atoms with Gasteiger partial charge in [0.25, 0.3) is 10.0 Å². The number of anilines is 1. The van der Waals surface area contributed by atoms with Crippen LogP contribution in [0.2, 0.25) is 5.02 Å². The first kappa shape index (κ1) is 31.0. The largest absolute Gasteiger partial charge is 0.416 e. The highest BCUT2D eigenvalue weighted by Gasteiger charge is 2.35. The van der Waals surface area contributed by atoms with E-state index in [0.717, 1.165) is 12.1 Å². The Balaban J connectivity index is 2.10. The number of sulfonamides is 1. The summed E-state index contributed by atoms with van der Waals surface area (Å²) in [6.07, 6.45) is -4.53. The van der Waals surface area contributed by atoms with E-state index in [0.29, 0.717) is 27.5 Å². The highest BCUT2D eigenvalue weighted by atomic mass is 35.5. The van der Waals surface area contributed by atoms with Gasteiger partial charge in [-0.05, 0) is 61.4 Å². The summed E-state index contributed by atoms with van der Waals surface area (Å²) in [5.41, 5.74) is -0.793. The topological polar surface area (TPSA) is 86.8 Å². The summed E-state index contributed by atoms with van der Waals surface area (Å²) < 4.78 is 68.6. The Morgan fingerprint density at radius 3 is 2.17 bits per heavy atom. The molecule has 0 aliphatic carbocycles. The average molecular weight is 596 g/mol. The monoisotopic (exact) mass is 595 g/mol. The van der Waals surface area contributed by atoms with Crippen molar-refractivity contribution in [3.8, 4) is 0 Å². The van der Waals surface area contributed by atoms with Crippen LogP contribution in [0.15, 0.2) is 83.8 Å². The molecular weight excluding hydrogens is 567 g/mol. The zero-order chi connectivity index (χ0) is 29.5. The minimum atomic E-state index is -4.74. The lowest BCUT2D eigenvalue weighted by Crippen LogP contribution is -2.52. The number of nitrogens with one attached hydrogen (secondary N) is 1. The molecule has 0 aromatic heterocycles. The molecule has 0 fully saturated rings. The Kier molecular flexibility index (Phi) is 10.2. The van der Waals surface area contributed by atoms with Gasteiger partial charge in [0.1, 0.15) is 12.6 Å². The van der Waals surface area contributed by atoms with Crippen molar-refractivity contribution in [2.75, 3.05) is 17.4 Å². The Morgan fingerprint density at radius 2 is 1.60 bits per heavy atom. The van der Waals surface area contributed by atoms with E-state index >= 15 is 0 Å². The average Bonchev–Trinajstić information content (AvgIpc) is 2.92. The number of nitrogens with zero attached hydrogens (tertiary/aromatic N) is 2. The highest BCUT2D eigenvalue weighted by Crippen LogP contribution is 2.33. The van der Waals surface area contributed by atoms with Crippen LogP contribution in [-0.2, 0) is 32.3 Å². The molecule has 0 aliphatic rings. The second kappa shape index (κ2) is 13.2. The number of halogens is 4. The second-order valence-electron chi connectivity index (χ2n) is 8.84. The van der Waals surface area contributed by atoms with Crippen LogP contribution in [-0.4, -0.2) is 44.3 Å². The first-order chi connectivity index (χ1) is 18.9. The van der Waals surface area contributed by atoms with Crippen molar-refractivity contribution < 1.29 is 31.2 Å². The van der Waals surface area contributed by atoms with E-state index in [-0.39, 0.29) is 23.5 Å². The van der Waals surface area contributed by atoms with Gasteiger partial charge in [0.2, 0.25) is 11.8 Å². The van der Waals surface area contributed by atoms with Crippen molar-refractivity contribution in [3.63, 3.8) is 0 Å². The molecule has 3 aromatic rings. The van der Waals surface area contributed by atoms with E-state index in [4.69, 9.17) is 11.6 Å². The molecule has 40 heavy (non-hydrogen) atoms. The first-order valence-electron chi connectivity index (χ1n) is 12.4. The van der Waals surface area contributed by atoms with Crippen LogP contribution < -0.4 is 9.62 Å². The number of carbonyl (C=O) groups is 2. The molecule has 0 unspecified atom stereocenters. The zero-order valence-corrected chi connectivity index (χ0v) is 23.4. The van der Waals surface area contributed by atoms with E-state index in [9.17, 15) is 31.2 Å². The predicted octanol–water partition coefficient (Wildman–Crippen LogP) is 5.50. The van der Waals surface area contributed by atoms with Crippen LogP contribution in [0.3, 0.4) is 0 Å². The van der Waals surface area contributed by atoms with Crippen molar-refractivity contribution in [1.82, 2.24) is 10.2 Å². The first-order valence-corrected chi connectivity index (χ1v) is 14.3. The predicted molar refractivity (Wildman–Crippen MR) is 147 cm³/mol. The lowest BCUT2D eigenvalue weighted by molar-refractivity contribution is -0.140. The number of alkyl halides is 3. The molecule has 0 heterocycles. The van der Waals surface area contributed by atoms with Crippen LogP contribution in [0.4, 0.5) is 18.9 Å². The van der Waals surface area contributed by atoms with Gasteiger partial charge in [0, 0.05) is 18.1 Å². The van der Waals surface area contributed by atoms with Crippen molar-refractivity contribution >= 4 is 39.1 Å². The molecule has 0 saturated heterocycles. The van der Waals surface area contributed by atoms with Crippen molar-refractivity contribution in [2.24, 2.45) is 0 Å². The molecule has 214 valence electrons. The molecule has 1 atom stereocenters. The van der Waals surface area contributed by atoms with Crippen molar-refractivity contribution in [3.05, 3.63) is 95.0 Å². The van der Waals surface area contributed by atoms with Gasteiger partial charge in [-0.2, -0.15) is 13.2 Å². The van der Waals surface area contributed by atoms with Crippen molar-refractivity contribution in [1.29, 1.82) is 0 Å². The maximum atomic E-state index is 13.9. The lowest BCUT2D eigenvalue weighted by atomic mass is 10.1. The zero-order valence-electron chi connectivity index (χ0n) is 21.9. The Labute approximate surface area is 236 Å². The minimum Gasteiger partial charge on any atom is -0.355 e. The minimum absolute atomic E-state index is 0.0620. The molecule has 0 bridgehead atoms. The molecule has 3 aromatic carbocycles. The molecule has 1 N–H and O–H groups in total. The molecule has 0 aliphatic heterocycles. The standard InChI is InChI=1S/C28H29ClF3N3O4S/c1-3-25(27(37)33-4-2)34(18-20-13-15-22(29)16-14-20)26(36)19-35(40(38,39)24-11-6-5-7-12-24)23-10-8-9-21(17-23)28(30,31)32/h5-17,25H,3-4,18-19H2,1-2H3,(H,33,37)/t25-/m1/s1. The maximum absolute atomic E-state index is 13.9. The van der Waals surface area contributed by atoms with Gasteiger partial charge in [-0.15, -0.1) is 0 Å². The summed E-state index contributed by atoms with van der Waals surface area (Å²) in [4.78, 5) is 27.8. The number of hydrogen-bond acceptors (Lipinski definition) is 4. The Morgan fingerprint density at radius 1 is 0.950 bits per heavy atom. The summed E-state index contributed by atoms with van der Waals surface area (Å²) in [5, 5.41) is 3.14. The molecule has 0 radical (unpaired) electrons. The Hall–Kier alpha value is -3.57. The summed E-state index contributed by atoms with van der Waals surface area (Å²) in [6, 6.07) is 16.4. The van der Waals surface area contributed by atoms with Gasteiger partial charge >= 0.3 is 6.18 Å². The van der Waals surface area contributed by atoms with Gasteiger partial charge in [0.05, 0.1) is 16.1 Å². The maximum Gasteiger partial charge on any atom is 0.416 e. The Bertz CT molecular complexity index is 1420. The summed E-state index contributed by atoms with van der Waals surface area (Å²) in [6.45, 7) is 2.82. The number of hydrogen-bond donors (Lipinski definition) is 1. The number of amides is 2. The van der Waals surface area contributed by atoms with Crippen LogP contribution in [0.5, 0.6) is 0 Å². The molecule has 0 spiro atoms. The fourth-order valence-corrected chi connectivity index (χ4v) is 5.64. The van der Waals surface area contributed by atoms with Crippen LogP contribution in [0.25, 0.3) is 0 Å². The smallest absolute Gasteiger partial charge is 0.355 e. The summed E-state index contributed by atoms with van der Waals surface area (Å²) in [5.74, 6) is -1.21. The molecule has 0 saturated carbocycles. The quantitative estimate of drug-likeness (QED) is 0.317. The fraction of sp³-hybridized carbons (Fsp3) is 0.286. The number of likely N-dealkylation sites (N-methyl/N-ethyl adjacent to an activating group) is 1. The normalized spacial score (nSPS) is 12.4. The molecule has 2 amide bonds. The van der Waals surface area contributed by atoms with Crippen molar-refractivity contribution in [2.45, 2.75) is 43.9 Å². The number of rotatable bonds is 11. The SMILES string of the molecule is CCNC(=O)[C@@H](CC)N(Cc1ccc(Cl)cc1)C(=O)CN(c1cccc(C(F)(F)F)c1)S(=O)(=O)c1ccccc1.